The van der Waals surface area contributed by atoms with Gasteiger partial charge < -0.3 is 25.7 Å². The number of hydrogen-bond acceptors (Lipinski definition) is 4. The number of urea groups is 1. The molecule has 2 unspecified atom stereocenters. The molecule has 0 aromatic carbocycles. The second-order valence-electron chi connectivity index (χ2n) is 5.25. The molecule has 0 aliphatic carbocycles. The standard InChI is InChI=1S/C12H23N3O4/c1-12(19,10(16)17)8-14-11(18)15-5-3-4-9(7-15)6-13-2/h9,13,19H,3-8H2,1-2H3,(H,14,18)(H,16,17). The Hall–Kier alpha value is -1.34. The van der Waals surface area contributed by atoms with Crippen molar-refractivity contribution < 1.29 is 19.8 Å². The van der Waals surface area contributed by atoms with E-state index in [1.807, 2.05) is 7.05 Å². The first-order valence-corrected chi connectivity index (χ1v) is 6.50. The van der Waals surface area contributed by atoms with Crippen LogP contribution in [0, 0.1) is 5.92 Å². The molecule has 7 nitrogen and oxygen atoms in total. The predicted molar refractivity (Wildman–Crippen MR) is 69.9 cm³/mol. The zero-order valence-corrected chi connectivity index (χ0v) is 11.5. The fourth-order valence-electron chi connectivity index (χ4n) is 2.14. The van der Waals surface area contributed by atoms with E-state index in [-0.39, 0.29) is 12.6 Å². The lowest BCUT2D eigenvalue weighted by atomic mass is 9.98. The fourth-order valence-corrected chi connectivity index (χ4v) is 2.14. The zero-order chi connectivity index (χ0) is 14.5. The summed E-state index contributed by atoms with van der Waals surface area (Å²) in [6.45, 7) is 3.05. The van der Waals surface area contributed by atoms with Gasteiger partial charge in [0, 0.05) is 13.1 Å². The summed E-state index contributed by atoms with van der Waals surface area (Å²) in [5, 5.41) is 23.9. The minimum absolute atomic E-state index is 0.297. The van der Waals surface area contributed by atoms with E-state index in [1.54, 1.807) is 4.90 Å². The summed E-state index contributed by atoms with van der Waals surface area (Å²) in [5.41, 5.74) is -1.93. The van der Waals surface area contributed by atoms with Crippen LogP contribution in [-0.2, 0) is 4.79 Å². The zero-order valence-electron chi connectivity index (χ0n) is 11.5. The van der Waals surface area contributed by atoms with E-state index in [0.717, 1.165) is 26.3 Å². The third-order valence-corrected chi connectivity index (χ3v) is 3.34. The Bertz CT molecular complexity index is 331. The van der Waals surface area contributed by atoms with Crippen molar-refractivity contribution in [1.82, 2.24) is 15.5 Å². The summed E-state index contributed by atoms with van der Waals surface area (Å²) >= 11 is 0. The lowest BCUT2D eigenvalue weighted by Crippen LogP contribution is -2.52. The minimum Gasteiger partial charge on any atom is -0.479 e. The highest BCUT2D eigenvalue weighted by Crippen LogP contribution is 2.15. The van der Waals surface area contributed by atoms with Crippen LogP contribution in [0.2, 0.25) is 0 Å². The molecule has 0 aromatic rings. The summed E-state index contributed by atoms with van der Waals surface area (Å²) in [7, 11) is 1.88. The van der Waals surface area contributed by atoms with Crippen LogP contribution in [0.1, 0.15) is 19.8 Å². The van der Waals surface area contributed by atoms with E-state index in [4.69, 9.17) is 5.11 Å². The molecule has 1 aliphatic heterocycles. The van der Waals surface area contributed by atoms with E-state index in [2.05, 4.69) is 10.6 Å². The molecule has 19 heavy (non-hydrogen) atoms. The number of rotatable bonds is 5. The summed E-state index contributed by atoms with van der Waals surface area (Å²) in [6, 6.07) is -0.317. The molecule has 1 aliphatic rings. The van der Waals surface area contributed by atoms with E-state index in [1.165, 1.54) is 0 Å². The average molecular weight is 273 g/mol. The predicted octanol–water partition coefficient (Wildman–Crippen LogP) is -0.537. The first-order valence-electron chi connectivity index (χ1n) is 6.50. The molecule has 0 saturated carbocycles. The number of likely N-dealkylation sites (tertiary alicyclic amines) is 1. The van der Waals surface area contributed by atoms with Crippen molar-refractivity contribution in [2.45, 2.75) is 25.4 Å². The molecule has 2 amide bonds. The molecule has 7 heteroatoms. The van der Waals surface area contributed by atoms with Gasteiger partial charge in [-0.3, -0.25) is 0 Å². The number of piperidine rings is 1. The van der Waals surface area contributed by atoms with Gasteiger partial charge in [0.2, 0.25) is 0 Å². The van der Waals surface area contributed by atoms with Gasteiger partial charge in [-0.25, -0.2) is 9.59 Å². The number of hydrogen-bond donors (Lipinski definition) is 4. The quantitative estimate of drug-likeness (QED) is 0.539. The normalized spacial score (nSPS) is 22.7. The second kappa shape index (κ2) is 6.72. The molecule has 0 bridgehead atoms. The number of nitrogens with one attached hydrogen (secondary N) is 2. The molecule has 1 heterocycles. The van der Waals surface area contributed by atoms with Crippen LogP contribution >= 0.6 is 0 Å². The number of carbonyl (C=O) groups is 2. The number of carboxylic acid groups (broad SMARTS) is 1. The first-order chi connectivity index (χ1) is 8.86. The van der Waals surface area contributed by atoms with Gasteiger partial charge in [0.15, 0.2) is 5.60 Å². The van der Waals surface area contributed by atoms with Crippen LogP contribution in [0.4, 0.5) is 4.79 Å². The molecule has 0 radical (unpaired) electrons. The summed E-state index contributed by atoms with van der Waals surface area (Å²) < 4.78 is 0. The van der Waals surface area contributed by atoms with E-state index in [0.29, 0.717) is 19.0 Å². The molecule has 4 N–H and O–H groups in total. The maximum absolute atomic E-state index is 11.9. The molecule has 2 atom stereocenters. The second-order valence-corrected chi connectivity index (χ2v) is 5.25. The Morgan fingerprint density at radius 3 is 2.74 bits per heavy atom. The Morgan fingerprint density at radius 2 is 2.16 bits per heavy atom. The van der Waals surface area contributed by atoms with Crippen molar-refractivity contribution in [3.8, 4) is 0 Å². The van der Waals surface area contributed by atoms with Gasteiger partial charge in [-0.2, -0.15) is 0 Å². The molecule has 1 rings (SSSR count). The summed E-state index contributed by atoms with van der Waals surface area (Å²) in [4.78, 5) is 24.3. The Labute approximate surface area is 113 Å². The number of aliphatic carboxylic acids is 1. The molecule has 110 valence electrons. The van der Waals surface area contributed by atoms with Crippen molar-refractivity contribution >= 4 is 12.0 Å². The number of nitrogens with zero attached hydrogens (tertiary/aromatic N) is 1. The van der Waals surface area contributed by atoms with Crippen molar-refractivity contribution in [2.24, 2.45) is 5.92 Å². The van der Waals surface area contributed by atoms with Crippen LogP contribution in [-0.4, -0.2) is 65.9 Å². The van der Waals surface area contributed by atoms with E-state index in [9.17, 15) is 14.7 Å². The number of aliphatic hydroxyl groups is 1. The Morgan fingerprint density at radius 1 is 1.47 bits per heavy atom. The van der Waals surface area contributed by atoms with E-state index >= 15 is 0 Å². The van der Waals surface area contributed by atoms with Gasteiger partial charge in [0.05, 0.1) is 6.54 Å². The van der Waals surface area contributed by atoms with Crippen LogP contribution in [0.3, 0.4) is 0 Å². The van der Waals surface area contributed by atoms with Crippen molar-refractivity contribution in [3.05, 3.63) is 0 Å². The fraction of sp³-hybridized carbons (Fsp3) is 0.833. The van der Waals surface area contributed by atoms with Crippen molar-refractivity contribution in [1.29, 1.82) is 0 Å². The maximum atomic E-state index is 11.9. The smallest absolute Gasteiger partial charge is 0.337 e. The topological polar surface area (TPSA) is 102 Å². The molecule has 1 fully saturated rings. The van der Waals surface area contributed by atoms with Crippen molar-refractivity contribution in [2.75, 3.05) is 33.2 Å². The monoisotopic (exact) mass is 273 g/mol. The SMILES string of the molecule is CNCC1CCCN(C(=O)NCC(C)(O)C(=O)O)C1. The van der Waals surface area contributed by atoms with Crippen LogP contribution < -0.4 is 10.6 Å². The highest BCUT2D eigenvalue weighted by Gasteiger charge is 2.31. The van der Waals surface area contributed by atoms with Gasteiger partial charge in [0.1, 0.15) is 0 Å². The van der Waals surface area contributed by atoms with Crippen LogP contribution in [0.15, 0.2) is 0 Å². The highest BCUT2D eigenvalue weighted by atomic mass is 16.4. The minimum atomic E-state index is -1.93. The van der Waals surface area contributed by atoms with Crippen LogP contribution in [0.25, 0.3) is 0 Å². The van der Waals surface area contributed by atoms with E-state index < -0.39 is 11.6 Å². The third kappa shape index (κ3) is 4.68. The Kier molecular flexibility index (Phi) is 5.56. The lowest BCUT2D eigenvalue weighted by Gasteiger charge is -2.33. The Balaban J connectivity index is 2.43. The summed E-state index contributed by atoms with van der Waals surface area (Å²) in [5.74, 6) is -0.927. The largest absolute Gasteiger partial charge is 0.479 e. The van der Waals surface area contributed by atoms with Crippen LogP contribution in [0.5, 0.6) is 0 Å². The summed E-state index contributed by atoms with van der Waals surface area (Å²) in [6.07, 6.45) is 2.02. The maximum Gasteiger partial charge on any atom is 0.337 e. The molecule has 1 saturated heterocycles. The van der Waals surface area contributed by atoms with Gasteiger partial charge in [-0.05, 0) is 39.3 Å². The number of carbonyl (C=O) groups excluding carboxylic acids is 1. The first kappa shape index (κ1) is 15.7. The third-order valence-electron chi connectivity index (χ3n) is 3.34. The molecule has 0 aromatic heterocycles. The average Bonchev–Trinajstić information content (AvgIpc) is 2.36. The van der Waals surface area contributed by atoms with Gasteiger partial charge >= 0.3 is 12.0 Å². The molecule has 0 spiro atoms. The lowest BCUT2D eigenvalue weighted by molar-refractivity contribution is -0.155. The van der Waals surface area contributed by atoms with Crippen molar-refractivity contribution in [3.63, 3.8) is 0 Å². The highest BCUT2D eigenvalue weighted by molar-refractivity contribution is 5.79. The van der Waals surface area contributed by atoms with Gasteiger partial charge in [-0.15, -0.1) is 0 Å². The molecular weight excluding hydrogens is 250 g/mol. The van der Waals surface area contributed by atoms with Gasteiger partial charge in [-0.1, -0.05) is 0 Å². The van der Waals surface area contributed by atoms with Gasteiger partial charge in [0.25, 0.3) is 0 Å². The number of carboxylic acids is 1. The number of amides is 2. The molecular formula is C12H23N3O4.